The standard InChI is InChI=1S/C17H17N3O3S/c1-3-23-16(21)20-9-5-4-7-17(20)8-6-12(22-2)10-13(17)19-14(24)11-18-15(19)20/h4-7,9-11H,3,8H2,1-2H3/q+1. The highest BCUT2D eigenvalue weighted by molar-refractivity contribution is 7.80. The van der Waals surface area contributed by atoms with E-state index in [2.05, 4.69) is 4.98 Å². The number of carbonyl (C=O) groups is 1. The quantitative estimate of drug-likeness (QED) is 0.771. The molecule has 123 valence electrons. The number of fused-ring (bicyclic) bond motifs is 3. The van der Waals surface area contributed by atoms with Gasteiger partial charge in [0.25, 0.3) is 0 Å². The number of nitrogens with zero attached hydrogens (tertiary/aromatic N) is 3. The number of allylic oxidation sites excluding steroid dienone is 3. The average Bonchev–Trinajstić information content (AvgIpc) is 3.09. The molecule has 1 aromatic heterocycles. The van der Waals surface area contributed by atoms with Crippen molar-refractivity contribution in [3.63, 3.8) is 0 Å². The fraction of sp³-hybridized carbons (Fsp3) is 0.294. The summed E-state index contributed by atoms with van der Waals surface area (Å²) < 4.78 is 12.5. The lowest BCUT2D eigenvalue weighted by atomic mass is 9.83. The number of imidazole rings is 1. The van der Waals surface area contributed by atoms with Gasteiger partial charge in [-0.15, -0.1) is 4.48 Å². The van der Waals surface area contributed by atoms with Crippen LogP contribution in [0.3, 0.4) is 0 Å². The van der Waals surface area contributed by atoms with E-state index in [1.165, 1.54) is 0 Å². The van der Waals surface area contributed by atoms with Gasteiger partial charge in [-0.25, -0.2) is 4.57 Å². The highest BCUT2D eigenvalue weighted by atomic mass is 32.1. The molecule has 4 rings (SSSR count). The predicted molar refractivity (Wildman–Crippen MR) is 91.9 cm³/mol. The molecule has 3 heterocycles. The van der Waals surface area contributed by atoms with E-state index in [0.717, 1.165) is 11.5 Å². The topological polar surface area (TPSA) is 53.4 Å². The van der Waals surface area contributed by atoms with E-state index in [4.69, 9.17) is 22.1 Å². The summed E-state index contributed by atoms with van der Waals surface area (Å²) >= 11 is 5.46. The van der Waals surface area contributed by atoms with Crippen LogP contribution in [-0.2, 0) is 9.47 Å². The summed E-state index contributed by atoms with van der Waals surface area (Å²) in [7, 11) is 1.63. The SMILES string of the molecule is CCOC(=O)[N+]12C=CC=CC13CC=C(OC)C=C3n1c([S])cnc12. The van der Waals surface area contributed by atoms with Crippen molar-refractivity contribution in [1.82, 2.24) is 14.0 Å². The number of hydrogen-bond donors (Lipinski definition) is 0. The average molecular weight is 343 g/mol. The largest absolute Gasteiger partial charge is 0.529 e. The molecule has 1 radical (unpaired) electrons. The molecule has 1 spiro atoms. The summed E-state index contributed by atoms with van der Waals surface area (Å²) in [4.78, 5) is 17.5. The van der Waals surface area contributed by atoms with Gasteiger partial charge in [-0.1, -0.05) is 18.7 Å². The minimum Gasteiger partial charge on any atom is -0.497 e. The fourth-order valence-corrected chi connectivity index (χ4v) is 4.01. The zero-order valence-corrected chi connectivity index (χ0v) is 14.2. The van der Waals surface area contributed by atoms with Crippen molar-refractivity contribution < 1.29 is 14.3 Å². The molecule has 1 amide bonds. The molecule has 3 aliphatic rings. The maximum Gasteiger partial charge on any atom is 0.529 e. The maximum atomic E-state index is 13.1. The molecule has 2 atom stereocenters. The third kappa shape index (κ3) is 1.58. The Hall–Kier alpha value is -2.38. The summed E-state index contributed by atoms with van der Waals surface area (Å²) in [6.45, 7) is 2.10. The van der Waals surface area contributed by atoms with Crippen LogP contribution < -0.4 is 4.48 Å². The molecule has 0 aromatic carbocycles. The van der Waals surface area contributed by atoms with Gasteiger partial charge in [0, 0.05) is 12.5 Å². The molecule has 0 saturated carbocycles. The van der Waals surface area contributed by atoms with Crippen LogP contribution in [0.2, 0.25) is 0 Å². The Bertz CT molecular complexity index is 851. The fourth-order valence-electron chi connectivity index (χ4n) is 3.78. The van der Waals surface area contributed by atoms with Crippen LogP contribution in [-0.4, -0.2) is 34.9 Å². The third-order valence-corrected chi connectivity index (χ3v) is 5.11. The van der Waals surface area contributed by atoms with Crippen LogP contribution in [0.5, 0.6) is 0 Å². The van der Waals surface area contributed by atoms with Crippen LogP contribution >= 0.6 is 12.6 Å². The van der Waals surface area contributed by atoms with Crippen LogP contribution in [0.1, 0.15) is 13.3 Å². The Labute approximate surface area is 145 Å². The monoisotopic (exact) mass is 343 g/mol. The molecule has 2 aliphatic heterocycles. The Morgan fingerprint density at radius 1 is 1.50 bits per heavy atom. The minimum absolute atomic E-state index is 0.146. The Morgan fingerprint density at radius 2 is 2.33 bits per heavy atom. The second-order valence-corrected chi connectivity index (χ2v) is 6.24. The minimum atomic E-state index is -0.653. The van der Waals surface area contributed by atoms with Gasteiger partial charge in [0.05, 0.1) is 19.9 Å². The molecular weight excluding hydrogens is 326 g/mol. The van der Waals surface area contributed by atoms with Gasteiger partial charge in [-0.2, -0.15) is 9.78 Å². The van der Waals surface area contributed by atoms with Crippen molar-refractivity contribution in [2.24, 2.45) is 0 Å². The van der Waals surface area contributed by atoms with Gasteiger partial charge < -0.3 is 9.47 Å². The Morgan fingerprint density at radius 3 is 3.08 bits per heavy atom. The van der Waals surface area contributed by atoms with Gasteiger partial charge in [0.2, 0.25) is 0 Å². The molecule has 1 aromatic rings. The van der Waals surface area contributed by atoms with Crippen LogP contribution in [0.15, 0.2) is 53.6 Å². The zero-order chi connectivity index (χ0) is 16.9. The van der Waals surface area contributed by atoms with Crippen molar-refractivity contribution in [2.45, 2.75) is 23.9 Å². The summed E-state index contributed by atoms with van der Waals surface area (Å²) in [5.74, 6) is 1.30. The first kappa shape index (κ1) is 15.2. The maximum absolute atomic E-state index is 13.1. The van der Waals surface area contributed by atoms with Crippen molar-refractivity contribution in [1.29, 1.82) is 0 Å². The summed E-state index contributed by atoms with van der Waals surface area (Å²) in [6.07, 6.45) is 13.4. The Balaban J connectivity index is 2.04. The number of amides is 1. The second-order valence-electron chi connectivity index (χ2n) is 5.82. The zero-order valence-electron chi connectivity index (χ0n) is 13.4. The van der Waals surface area contributed by atoms with Crippen LogP contribution in [0.4, 0.5) is 10.7 Å². The van der Waals surface area contributed by atoms with E-state index in [1.807, 2.05) is 41.1 Å². The number of aromatic nitrogens is 2. The van der Waals surface area contributed by atoms with Gasteiger partial charge in [-0.3, -0.25) is 0 Å². The smallest absolute Gasteiger partial charge is 0.497 e. The molecule has 0 bridgehead atoms. The van der Waals surface area contributed by atoms with Gasteiger partial charge in [-0.05, 0) is 25.2 Å². The van der Waals surface area contributed by atoms with E-state index in [1.54, 1.807) is 20.2 Å². The number of hydrogen-bond acceptors (Lipinski definition) is 4. The van der Waals surface area contributed by atoms with Gasteiger partial charge in [0.1, 0.15) is 22.7 Å². The number of methoxy groups -OCH3 is 1. The highest BCUT2D eigenvalue weighted by Crippen LogP contribution is 2.55. The van der Waals surface area contributed by atoms with Crippen molar-refractivity contribution >= 4 is 30.4 Å². The molecule has 1 aliphatic carbocycles. The number of rotatable bonds is 2. The van der Waals surface area contributed by atoms with E-state index >= 15 is 0 Å². The number of carbonyl (C=O) groups excluding carboxylic acids is 1. The van der Waals surface area contributed by atoms with Crippen molar-refractivity contribution in [3.05, 3.63) is 48.5 Å². The lowest BCUT2D eigenvalue weighted by Crippen LogP contribution is -2.63. The molecule has 6 nitrogen and oxygen atoms in total. The van der Waals surface area contributed by atoms with E-state index in [-0.39, 0.29) is 10.6 Å². The first-order valence-corrected chi connectivity index (χ1v) is 8.17. The van der Waals surface area contributed by atoms with Crippen molar-refractivity contribution in [3.8, 4) is 0 Å². The van der Waals surface area contributed by atoms with E-state index in [0.29, 0.717) is 24.0 Å². The third-order valence-electron chi connectivity index (χ3n) is 4.82. The normalized spacial score (nSPS) is 29.2. The van der Waals surface area contributed by atoms with Gasteiger partial charge >= 0.3 is 12.0 Å². The Kier molecular flexibility index (Phi) is 3.20. The molecule has 0 fully saturated rings. The molecular formula is C17H17N3O3S+. The molecule has 7 heteroatoms. The molecule has 2 unspecified atom stereocenters. The summed E-state index contributed by atoms with van der Waals surface area (Å²) in [6, 6.07) is 0. The van der Waals surface area contributed by atoms with E-state index in [9.17, 15) is 4.79 Å². The van der Waals surface area contributed by atoms with Crippen LogP contribution in [0, 0.1) is 0 Å². The lowest BCUT2D eigenvalue weighted by molar-refractivity contribution is 0.107. The van der Waals surface area contributed by atoms with Gasteiger partial charge in [0.15, 0.2) is 5.54 Å². The second kappa shape index (κ2) is 5.06. The lowest BCUT2D eigenvalue weighted by Gasteiger charge is -2.40. The highest BCUT2D eigenvalue weighted by Gasteiger charge is 2.68. The predicted octanol–water partition coefficient (Wildman–Crippen LogP) is 3.51. The number of ether oxygens (including phenoxy) is 2. The first-order valence-electron chi connectivity index (χ1n) is 7.76. The van der Waals surface area contributed by atoms with Crippen LogP contribution in [0.25, 0.3) is 5.70 Å². The summed E-state index contributed by atoms with van der Waals surface area (Å²) in [5, 5.41) is 0.561. The molecule has 0 saturated heterocycles. The molecule has 24 heavy (non-hydrogen) atoms. The first-order chi connectivity index (χ1) is 11.6. The van der Waals surface area contributed by atoms with E-state index < -0.39 is 5.54 Å². The molecule has 0 N–H and O–H groups in total. The number of quaternary nitrogens is 1. The summed E-state index contributed by atoms with van der Waals surface area (Å²) in [5.41, 5.74) is 0.230. The van der Waals surface area contributed by atoms with Crippen molar-refractivity contribution in [2.75, 3.05) is 13.7 Å².